The fourth-order valence-electron chi connectivity index (χ4n) is 1.90. The summed E-state index contributed by atoms with van der Waals surface area (Å²) in [6.07, 6.45) is -6.36. The minimum absolute atomic E-state index is 0.150. The monoisotopic (exact) mass is 291 g/mol. The van der Waals surface area contributed by atoms with Crippen LogP contribution in [0.15, 0.2) is 24.3 Å². The van der Waals surface area contributed by atoms with Crippen molar-refractivity contribution in [3.8, 4) is 5.75 Å². The van der Waals surface area contributed by atoms with Gasteiger partial charge in [-0.25, -0.2) is 0 Å². The molecule has 6 heteroatoms. The number of methoxy groups -OCH3 is 1. The number of rotatable bonds is 6. The number of halogens is 3. The molecule has 1 N–H and O–H groups in total. The fourth-order valence-corrected chi connectivity index (χ4v) is 1.90. The predicted octanol–water partition coefficient (Wildman–Crippen LogP) is 2.48. The maximum atomic E-state index is 12.3. The van der Waals surface area contributed by atoms with Gasteiger partial charge in [0.2, 0.25) is 0 Å². The summed E-state index contributed by atoms with van der Waals surface area (Å²) >= 11 is 0. The lowest BCUT2D eigenvalue weighted by atomic mass is 10.0. The van der Waals surface area contributed by atoms with Gasteiger partial charge in [0.1, 0.15) is 5.75 Å². The van der Waals surface area contributed by atoms with Crippen LogP contribution in [-0.2, 0) is 6.42 Å². The molecule has 0 saturated carbocycles. The maximum Gasteiger partial charge on any atom is 0.415 e. The molecule has 0 radical (unpaired) electrons. The van der Waals surface area contributed by atoms with Crippen molar-refractivity contribution >= 4 is 0 Å². The Kier molecular flexibility index (Phi) is 5.83. The van der Waals surface area contributed by atoms with Gasteiger partial charge < -0.3 is 14.7 Å². The minimum Gasteiger partial charge on any atom is -0.496 e. The number of para-hydroxylation sites is 1. The molecule has 0 amide bonds. The van der Waals surface area contributed by atoms with Crippen molar-refractivity contribution in [1.82, 2.24) is 4.90 Å². The van der Waals surface area contributed by atoms with E-state index in [4.69, 9.17) is 9.84 Å². The molecule has 0 aliphatic carbocycles. The van der Waals surface area contributed by atoms with Gasteiger partial charge >= 0.3 is 6.18 Å². The molecule has 0 fully saturated rings. The Morgan fingerprint density at radius 1 is 1.30 bits per heavy atom. The lowest BCUT2D eigenvalue weighted by Gasteiger charge is -2.28. The van der Waals surface area contributed by atoms with Crippen molar-refractivity contribution in [3.63, 3.8) is 0 Å². The van der Waals surface area contributed by atoms with Crippen LogP contribution in [0.2, 0.25) is 0 Å². The van der Waals surface area contributed by atoms with Crippen molar-refractivity contribution in [2.24, 2.45) is 0 Å². The second-order valence-electron chi connectivity index (χ2n) is 4.86. The first-order chi connectivity index (χ1) is 9.25. The van der Waals surface area contributed by atoms with E-state index in [0.717, 1.165) is 5.56 Å². The summed E-state index contributed by atoms with van der Waals surface area (Å²) in [4.78, 5) is 1.49. The molecule has 0 aliphatic heterocycles. The third kappa shape index (κ3) is 4.68. The van der Waals surface area contributed by atoms with E-state index < -0.39 is 18.8 Å². The van der Waals surface area contributed by atoms with Crippen LogP contribution in [0.25, 0.3) is 0 Å². The number of alkyl halides is 3. The second-order valence-corrected chi connectivity index (χ2v) is 4.86. The van der Waals surface area contributed by atoms with Gasteiger partial charge in [-0.2, -0.15) is 13.2 Å². The van der Waals surface area contributed by atoms with Crippen LogP contribution in [0.5, 0.6) is 5.75 Å². The second kappa shape index (κ2) is 6.95. The molecule has 0 bridgehead atoms. The normalized spacial score (nSPS) is 15.2. The summed E-state index contributed by atoms with van der Waals surface area (Å²) in [5.41, 5.74) is 0.927. The molecule has 0 aliphatic rings. The standard InChI is InChI=1S/C14H20F3NO2/c1-10(18(2)9-13(19)14(15,16)17)8-11-6-4-5-7-12(11)20-3/h4-7,10,13,19H,8-9H2,1-3H3. The van der Waals surface area contributed by atoms with Crippen LogP contribution >= 0.6 is 0 Å². The van der Waals surface area contributed by atoms with E-state index in [0.29, 0.717) is 12.2 Å². The van der Waals surface area contributed by atoms with E-state index in [1.165, 1.54) is 4.90 Å². The molecule has 1 aromatic carbocycles. The highest BCUT2D eigenvalue weighted by atomic mass is 19.4. The smallest absolute Gasteiger partial charge is 0.415 e. The average Bonchev–Trinajstić information content (AvgIpc) is 2.38. The lowest BCUT2D eigenvalue weighted by Crippen LogP contribution is -2.43. The van der Waals surface area contributed by atoms with Crippen molar-refractivity contribution in [2.45, 2.75) is 31.7 Å². The highest BCUT2D eigenvalue weighted by Crippen LogP contribution is 2.23. The molecule has 20 heavy (non-hydrogen) atoms. The summed E-state index contributed by atoms with van der Waals surface area (Å²) in [6, 6.07) is 7.23. The molecular weight excluding hydrogens is 271 g/mol. The van der Waals surface area contributed by atoms with Gasteiger partial charge in [-0.1, -0.05) is 18.2 Å². The molecule has 3 nitrogen and oxygen atoms in total. The number of ether oxygens (including phenoxy) is 1. The van der Waals surface area contributed by atoms with Crippen LogP contribution in [0, 0.1) is 0 Å². The number of aliphatic hydroxyl groups excluding tert-OH is 1. The molecule has 1 rings (SSSR count). The van der Waals surface area contributed by atoms with Gasteiger partial charge in [-0.05, 0) is 32.0 Å². The van der Waals surface area contributed by atoms with Gasteiger partial charge in [0.15, 0.2) is 6.10 Å². The Bertz CT molecular complexity index is 423. The van der Waals surface area contributed by atoms with Crippen LogP contribution < -0.4 is 4.74 Å². The van der Waals surface area contributed by atoms with Crippen molar-refractivity contribution in [1.29, 1.82) is 0 Å². The molecule has 0 heterocycles. The topological polar surface area (TPSA) is 32.7 Å². The number of nitrogens with zero attached hydrogens (tertiary/aromatic N) is 1. The van der Waals surface area contributed by atoms with E-state index in [2.05, 4.69) is 0 Å². The van der Waals surface area contributed by atoms with Gasteiger partial charge in [0.25, 0.3) is 0 Å². The number of hydrogen-bond acceptors (Lipinski definition) is 3. The first-order valence-corrected chi connectivity index (χ1v) is 6.32. The summed E-state index contributed by atoms with van der Waals surface area (Å²) in [7, 11) is 3.12. The Hall–Kier alpha value is -1.27. The molecule has 0 saturated heterocycles. The van der Waals surface area contributed by atoms with E-state index in [-0.39, 0.29) is 6.04 Å². The van der Waals surface area contributed by atoms with Gasteiger partial charge in [-0.3, -0.25) is 0 Å². The number of hydrogen-bond donors (Lipinski definition) is 1. The van der Waals surface area contributed by atoms with Crippen LogP contribution in [-0.4, -0.2) is 49.0 Å². The van der Waals surface area contributed by atoms with Crippen molar-refractivity contribution in [3.05, 3.63) is 29.8 Å². The van der Waals surface area contributed by atoms with Crippen molar-refractivity contribution in [2.75, 3.05) is 20.7 Å². The third-order valence-corrected chi connectivity index (χ3v) is 3.30. The predicted molar refractivity (Wildman–Crippen MR) is 70.9 cm³/mol. The van der Waals surface area contributed by atoms with Crippen LogP contribution in [0.4, 0.5) is 13.2 Å². The zero-order valence-electron chi connectivity index (χ0n) is 11.8. The minimum atomic E-state index is -4.58. The lowest BCUT2D eigenvalue weighted by molar-refractivity contribution is -0.208. The molecule has 114 valence electrons. The third-order valence-electron chi connectivity index (χ3n) is 3.30. The maximum absolute atomic E-state index is 12.3. The molecule has 2 unspecified atom stereocenters. The van der Waals surface area contributed by atoms with E-state index >= 15 is 0 Å². The highest BCUT2D eigenvalue weighted by Gasteiger charge is 2.39. The summed E-state index contributed by atoms with van der Waals surface area (Å²) < 4.78 is 42.2. The first-order valence-electron chi connectivity index (χ1n) is 6.32. The molecule has 1 aromatic rings. The SMILES string of the molecule is COc1ccccc1CC(C)N(C)CC(O)C(F)(F)F. The zero-order chi connectivity index (χ0) is 15.3. The van der Waals surface area contributed by atoms with Crippen molar-refractivity contribution < 1.29 is 23.0 Å². The van der Waals surface area contributed by atoms with E-state index in [1.807, 2.05) is 31.2 Å². The molecule has 0 spiro atoms. The van der Waals surface area contributed by atoms with Crippen LogP contribution in [0.1, 0.15) is 12.5 Å². The summed E-state index contributed by atoms with van der Waals surface area (Å²) in [5.74, 6) is 0.712. The number of likely N-dealkylation sites (N-methyl/N-ethyl adjacent to an activating group) is 1. The number of aliphatic hydroxyl groups is 1. The molecule has 2 atom stereocenters. The Labute approximate surface area is 117 Å². The summed E-state index contributed by atoms with van der Waals surface area (Å²) in [6.45, 7) is 1.37. The van der Waals surface area contributed by atoms with Gasteiger partial charge in [0, 0.05) is 12.6 Å². The fraction of sp³-hybridized carbons (Fsp3) is 0.571. The van der Waals surface area contributed by atoms with E-state index in [9.17, 15) is 13.2 Å². The first kappa shape index (κ1) is 16.8. The highest BCUT2D eigenvalue weighted by molar-refractivity contribution is 5.33. The Morgan fingerprint density at radius 2 is 1.90 bits per heavy atom. The Morgan fingerprint density at radius 3 is 2.45 bits per heavy atom. The van der Waals surface area contributed by atoms with E-state index in [1.54, 1.807) is 14.2 Å². The Balaban J connectivity index is 2.64. The largest absolute Gasteiger partial charge is 0.496 e. The summed E-state index contributed by atoms with van der Waals surface area (Å²) in [5, 5.41) is 9.08. The average molecular weight is 291 g/mol. The zero-order valence-corrected chi connectivity index (χ0v) is 11.8. The van der Waals surface area contributed by atoms with Crippen LogP contribution in [0.3, 0.4) is 0 Å². The number of benzene rings is 1. The quantitative estimate of drug-likeness (QED) is 0.874. The molecule has 0 aromatic heterocycles. The van der Waals surface area contributed by atoms with Gasteiger partial charge in [0.05, 0.1) is 7.11 Å². The van der Waals surface area contributed by atoms with Gasteiger partial charge in [-0.15, -0.1) is 0 Å². The molecular formula is C14H20F3NO2.